The fourth-order valence-electron chi connectivity index (χ4n) is 3.06. The molecule has 1 N–H and O–H groups in total. The lowest BCUT2D eigenvalue weighted by atomic mass is 10.2. The zero-order valence-electron chi connectivity index (χ0n) is 17.9. The Hall–Kier alpha value is -4.43. The van der Waals surface area contributed by atoms with Crippen LogP contribution in [0.3, 0.4) is 0 Å². The zero-order chi connectivity index (χ0) is 24.8. The monoisotopic (exact) mass is 495 g/mol. The molecule has 0 aliphatic carbocycles. The molecule has 0 spiro atoms. The Morgan fingerprint density at radius 1 is 1.11 bits per heavy atom. The molecular formula is C24H16F3N5O2S. The second-order valence-corrected chi connectivity index (χ2v) is 8.14. The Bertz CT molecular complexity index is 1400. The Labute approximate surface area is 201 Å². The normalized spacial score (nSPS) is 11.7. The number of carbonyl (C=O) groups is 1. The Balaban J connectivity index is 1.48. The van der Waals surface area contributed by atoms with Crippen LogP contribution in [0.15, 0.2) is 78.5 Å². The molecule has 4 rings (SSSR count). The van der Waals surface area contributed by atoms with Gasteiger partial charge in [-0.25, -0.2) is 0 Å². The SMILES string of the molecule is N#C/C(=C/c1cccn1-c1cccc(C(F)(F)F)c1)C(=O)Nc1nnc(COc2ccccc2)s1. The van der Waals surface area contributed by atoms with Crippen LogP contribution in [0, 0.1) is 11.3 Å². The highest BCUT2D eigenvalue weighted by molar-refractivity contribution is 7.15. The lowest BCUT2D eigenvalue weighted by molar-refractivity contribution is -0.137. The number of anilines is 1. The Morgan fingerprint density at radius 2 is 1.91 bits per heavy atom. The van der Waals surface area contributed by atoms with Crippen LogP contribution in [0.4, 0.5) is 18.3 Å². The lowest BCUT2D eigenvalue weighted by Gasteiger charge is -2.11. The van der Waals surface area contributed by atoms with Gasteiger partial charge in [-0.15, -0.1) is 10.2 Å². The van der Waals surface area contributed by atoms with Crippen molar-refractivity contribution in [2.75, 3.05) is 5.32 Å². The van der Waals surface area contributed by atoms with Crippen molar-refractivity contribution in [2.24, 2.45) is 0 Å². The van der Waals surface area contributed by atoms with Crippen LogP contribution in [-0.2, 0) is 17.6 Å². The number of para-hydroxylation sites is 1. The number of nitrogens with zero attached hydrogens (tertiary/aromatic N) is 4. The highest BCUT2D eigenvalue weighted by Crippen LogP contribution is 2.31. The first-order valence-corrected chi connectivity index (χ1v) is 10.9. The number of hydrogen-bond acceptors (Lipinski definition) is 6. The van der Waals surface area contributed by atoms with Gasteiger partial charge in [0.15, 0.2) is 5.01 Å². The predicted octanol–water partition coefficient (Wildman–Crippen LogP) is 5.47. The largest absolute Gasteiger partial charge is 0.486 e. The van der Waals surface area contributed by atoms with Gasteiger partial charge in [-0.1, -0.05) is 35.6 Å². The third-order valence-electron chi connectivity index (χ3n) is 4.68. The first-order chi connectivity index (χ1) is 16.8. The molecule has 0 fully saturated rings. The summed E-state index contributed by atoms with van der Waals surface area (Å²) in [6, 6.07) is 18.9. The second kappa shape index (κ2) is 10.2. The summed E-state index contributed by atoms with van der Waals surface area (Å²) < 4.78 is 46.3. The second-order valence-electron chi connectivity index (χ2n) is 7.08. The number of alkyl halides is 3. The fourth-order valence-corrected chi connectivity index (χ4v) is 3.71. The number of hydrogen-bond donors (Lipinski definition) is 1. The van der Waals surface area contributed by atoms with Gasteiger partial charge < -0.3 is 9.30 Å². The van der Waals surface area contributed by atoms with Crippen molar-refractivity contribution in [3.63, 3.8) is 0 Å². The molecular weight excluding hydrogens is 479 g/mol. The quantitative estimate of drug-likeness (QED) is 0.271. The van der Waals surface area contributed by atoms with Crippen molar-refractivity contribution in [2.45, 2.75) is 12.8 Å². The summed E-state index contributed by atoms with van der Waals surface area (Å²) in [4.78, 5) is 12.6. The third-order valence-corrected chi connectivity index (χ3v) is 5.49. The van der Waals surface area contributed by atoms with E-state index in [0.29, 0.717) is 16.5 Å². The molecule has 2 aromatic carbocycles. The topological polar surface area (TPSA) is 92.8 Å². The van der Waals surface area contributed by atoms with Crippen LogP contribution in [0.2, 0.25) is 0 Å². The van der Waals surface area contributed by atoms with Gasteiger partial charge in [-0.2, -0.15) is 18.4 Å². The van der Waals surface area contributed by atoms with E-state index in [1.54, 1.807) is 24.3 Å². The van der Waals surface area contributed by atoms with E-state index >= 15 is 0 Å². The summed E-state index contributed by atoms with van der Waals surface area (Å²) >= 11 is 1.09. The standard InChI is InChI=1S/C24H16F3N5O2S/c25-24(26,27)17-6-4-7-19(13-17)32-11-5-8-18(32)12-16(14-28)22(33)29-23-31-30-21(35-23)15-34-20-9-2-1-3-10-20/h1-13H,15H2,(H,29,31,33)/b16-12-. The molecule has 35 heavy (non-hydrogen) atoms. The highest BCUT2D eigenvalue weighted by Gasteiger charge is 2.30. The van der Waals surface area contributed by atoms with Gasteiger partial charge in [-0.05, 0) is 48.5 Å². The van der Waals surface area contributed by atoms with E-state index in [9.17, 15) is 23.2 Å². The van der Waals surface area contributed by atoms with Crippen LogP contribution in [-0.4, -0.2) is 20.7 Å². The van der Waals surface area contributed by atoms with E-state index in [0.717, 1.165) is 23.5 Å². The molecule has 2 heterocycles. The van der Waals surface area contributed by atoms with Gasteiger partial charge in [0.05, 0.1) is 5.56 Å². The van der Waals surface area contributed by atoms with Crippen LogP contribution in [0.1, 0.15) is 16.3 Å². The summed E-state index contributed by atoms with van der Waals surface area (Å²) in [6.45, 7) is 0.156. The van der Waals surface area contributed by atoms with Gasteiger partial charge in [0.1, 0.15) is 24.0 Å². The molecule has 7 nitrogen and oxygen atoms in total. The molecule has 0 bridgehead atoms. The molecule has 4 aromatic rings. The number of carbonyl (C=O) groups excluding carboxylic acids is 1. The number of rotatable bonds is 7. The number of ether oxygens (including phenoxy) is 1. The Kier molecular flexibility index (Phi) is 6.93. The van der Waals surface area contributed by atoms with E-state index in [2.05, 4.69) is 15.5 Å². The maximum Gasteiger partial charge on any atom is 0.416 e. The minimum atomic E-state index is -4.50. The smallest absolute Gasteiger partial charge is 0.416 e. The molecule has 1 amide bonds. The minimum Gasteiger partial charge on any atom is -0.486 e. The maximum absolute atomic E-state index is 13.1. The van der Waals surface area contributed by atoms with Crippen LogP contribution >= 0.6 is 11.3 Å². The van der Waals surface area contributed by atoms with Gasteiger partial charge in [0.25, 0.3) is 5.91 Å². The summed E-state index contributed by atoms with van der Waals surface area (Å²) in [5.74, 6) is -0.0669. The van der Waals surface area contributed by atoms with E-state index in [1.165, 1.54) is 29.0 Å². The van der Waals surface area contributed by atoms with Crippen molar-refractivity contribution >= 4 is 28.5 Å². The first kappa shape index (κ1) is 23.7. The number of amides is 1. The molecule has 0 aliphatic rings. The van der Waals surface area contributed by atoms with E-state index < -0.39 is 17.6 Å². The fraction of sp³-hybridized carbons (Fsp3) is 0.0833. The molecule has 2 aromatic heterocycles. The average Bonchev–Trinajstić information content (AvgIpc) is 3.50. The summed E-state index contributed by atoms with van der Waals surface area (Å²) in [5.41, 5.74) is -0.472. The maximum atomic E-state index is 13.1. The molecule has 0 atom stereocenters. The number of halogens is 3. The van der Waals surface area contributed by atoms with E-state index in [1.807, 2.05) is 24.3 Å². The van der Waals surface area contributed by atoms with Crippen molar-refractivity contribution in [1.29, 1.82) is 5.26 Å². The molecule has 11 heteroatoms. The Morgan fingerprint density at radius 3 is 2.66 bits per heavy atom. The highest BCUT2D eigenvalue weighted by atomic mass is 32.1. The minimum absolute atomic E-state index is 0.156. The van der Waals surface area contributed by atoms with Crippen LogP contribution in [0.5, 0.6) is 5.75 Å². The summed E-state index contributed by atoms with van der Waals surface area (Å²) in [6.07, 6.45) is -1.67. The summed E-state index contributed by atoms with van der Waals surface area (Å²) in [7, 11) is 0. The molecule has 176 valence electrons. The van der Waals surface area contributed by atoms with Crippen LogP contribution < -0.4 is 10.1 Å². The molecule has 0 aliphatic heterocycles. The summed E-state index contributed by atoms with van der Waals surface area (Å²) in [5, 5.41) is 20.6. The van der Waals surface area contributed by atoms with Crippen molar-refractivity contribution in [3.8, 4) is 17.5 Å². The number of aromatic nitrogens is 3. The van der Waals surface area contributed by atoms with Crippen LogP contribution in [0.25, 0.3) is 11.8 Å². The van der Waals surface area contributed by atoms with E-state index in [-0.39, 0.29) is 23.0 Å². The molecule has 0 saturated heterocycles. The van der Waals surface area contributed by atoms with Gasteiger partial charge in [-0.3, -0.25) is 10.1 Å². The van der Waals surface area contributed by atoms with Crippen molar-refractivity contribution < 1.29 is 22.7 Å². The van der Waals surface area contributed by atoms with Gasteiger partial charge >= 0.3 is 6.18 Å². The van der Waals surface area contributed by atoms with Crippen molar-refractivity contribution in [1.82, 2.24) is 14.8 Å². The first-order valence-electron chi connectivity index (χ1n) is 10.1. The van der Waals surface area contributed by atoms with Gasteiger partial charge in [0.2, 0.25) is 5.13 Å². The number of nitriles is 1. The lowest BCUT2D eigenvalue weighted by Crippen LogP contribution is -2.13. The van der Waals surface area contributed by atoms with Gasteiger partial charge in [0, 0.05) is 17.6 Å². The molecule has 0 unspecified atom stereocenters. The molecule has 0 radical (unpaired) electrons. The number of benzene rings is 2. The van der Waals surface area contributed by atoms with Crippen molar-refractivity contribution in [3.05, 3.63) is 94.8 Å². The predicted molar refractivity (Wildman–Crippen MR) is 124 cm³/mol. The van der Waals surface area contributed by atoms with E-state index in [4.69, 9.17) is 4.74 Å². The molecule has 0 saturated carbocycles. The number of nitrogens with one attached hydrogen (secondary N) is 1. The third kappa shape index (κ3) is 5.93. The average molecular weight is 495 g/mol. The zero-order valence-corrected chi connectivity index (χ0v) is 18.7.